The zero-order chi connectivity index (χ0) is 13.2. The van der Waals surface area contributed by atoms with Gasteiger partial charge in [-0.3, -0.25) is 4.98 Å². The van der Waals surface area contributed by atoms with Gasteiger partial charge >= 0.3 is 0 Å². The van der Waals surface area contributed by atoms with E-state index in [0.29, 0.717) is 13.1 Å². The van der Waals surface area contributed by atoms with Crippen LogP contribution in [0.25, 0.3) is 0 Å². The van der Waals surface area contributed by atoms with Crippen LogP contribution in [-0.4, -0.2) is 24.0 Å². The number of aryl methyl sites for hydroxylation is 1. The quantitative estimate of drug-likeness (QED) is 0.459. The van der Waals surface area contributed by atoms with E-state index < -0.39 is 0 Å². The van der Waals surface area contributed by atoms with Crippen molar-refractivity contribution >= 4 is 5.96 Å². The van der Waals surface area contributed by atoms with Crippen molar-refractivity contribution in [3.8, 4) is 0 Å². The first-order chi connectivity index (χ1) is 8.77. The van der Waals surface area contributed by atoms with Crippen molar-refractivity contribution in [2.24, 2.45) is 4.99 Å². The molecular formula is C14H22N4. The molecule has 0 saturated heterocycles. The normalized spacial score (nSPS) is 11.1. The third-order valence-corrected chi connectivity index (χ3v) is 2.46. The van der Waals surface area contributed by atoms with Gasteiger partial charge in [-0.05, 0) is 25.0 Å². The number of nitrogens with zero attached hydrogens (tertiary/aromatic N) is 2. The largest absolute Gasteiger partial charge is 0.356 e. The van der Waals surface area contributed by atoms with E-state index in [0.717, 1.165) is 24.6 Å². The second-order valence-electron chi connectivity index (χ2n) is 4.03. The predicted molar refractivity (Wildman–Crippen MR) is 76.6 cm³/mol. The molecule has 0 radical (unpaired) electrons. The van der Waals surface area contributed by atoms with Crippen LogP contribution in [0.3, 0.4) is 0 Å². The van der Waals surface area contributed by atoms with E-state index in [1.807, 2.05) is 25.1 Å². The van der Waals surface area contributed by atoms with Gasteiger partial charge in [-0.1, -0.05) is 19.1 Å². The van der Waals surface area contributed by atoms with E-state index in [1.54, 1.807) is 6.20 Å². The molecule has 1 heterocycles. The Kier molecular flexibility index (Phi) is 6.54. The molecule has 4 heteroatoms. The van der Waals surface area contributed by atoms with Crippen LogP contribution in [0.5, 0.6) is 0 Å². The number of guanidine groups is 1. The monoisotopic (exact) mass is 246 g/mol. The Morgan fingerprint density at radius 1 is 1.50 bits per heavy atom. The lowest BCUT2D eigenvalue weighted by atomic mass is 10.2. The van der Waals surface area contributed by atoms with Gasteiger partial charge in [-0.25, -0.2) is 4.99 Å². The Balaban J connectivity index is 2.63. The van der Waals surface area contributed by atoms with Gasteiger partial charge in [0, 0.05) is 19.3 Å². The number of aromatic nitrogens is 1. The van der Waals surface area contributed by atoms with Crippen LogP contribution in [0, 0.1) is 6.92 Å². The first kappa shape index (κ1) is 14.2. The maximum Gasteiger partial charge on any atom is 0.191 e. The molecule has 0 aliphatic heterocycles. The van der Waals surface area contributed by atoms with Crippen molar-refractivity contribution in [3.63, 3.8) is 0 Å². The molecule has 4 nitrogen and oxygen atoms in total. The highest BCUT2D eigenvalue weighted by Crippen LogP contribution is 2.04. The SMILES string of the molecule is C=CCNC(=NCc1ncccc1C)NCCC. The molecule has 1 rings (SSSR count). The van der Waals surface area contributed by atoms with E-state index >= 15 is 0 Å². The Morgan fingerprint density at radius 3 is 3.00 bits per heavy atom. The number of hydrogen-bond acceptors (Lipinski definition) is 2. The third kappa shape index (κ3) is 4.99. The fourth-order valence-electron chi connectivity index (χ4n) is 1.42. The third-order valence-electron chi connectivity index (χ3n) is 2.46. The topological polar surface area (TPSA) is 49.3 Å². The molecule has 0 atom stereocenters. The Bertz CT molecular complexity index is 399. The summed E-state index contributed by atoms with van der Waals surface area (Å²) in [4.78, 5) is 8.84. The number of rotatable bonds is 6. The number of nitrogens with one attached hydrogen (secondary N) is 2. The molecule has 0 fully saturated rings. The molecule has 0 saturated carbocycles. The molecule has 0 bridgehead atoms. The number of hydrogen-bond donors (Lipinski definition) is 2. The van der Waals surface area contributed by atoms with Gasteiger partial charge in [0.2, 0.25) is 0 Å². The molecule has 0 aromatic carbocycles. The van der Waals surface area contributed by atoms with Crippen LogP contribution in [0.4, 0.5) is 0 Å². The van der Waals surface area contributed by atoms with Gasteiger partial charge in [-0.2, -0.15) is 0 Å². The zero-order valence-electron chi connectivity index (χ0n) is 11.2. The molecule has 1 aromatic rings. The molecule has 0 spiro atoms. The summed E-state index contributed by atoms with van der Waals surface area (Å²) in [6, 6.07) is 3.99. The van der Waals surface area contributed by atoms with Crippen LogP contribution in [-0.2, 0) is 6.54 Å². The summed E-state index contributed by atoms with van der Waals surface area (Å²) in [5.74, 6) is 0.807. The lowest BCUT2D eigenvalue weighted by Crippen LogP contribution is -2.37. The van der Waals surface area contributed by atoms with E-state index in [-0.39, 0.29) is 0 Å². The van der Waals surface area contributed by atoms with Crippen molar-refractivity contribution in [3.05, 3.63) is 42.2 Å². The lowest BCUT2D eigenvalue weighted by Gasteiger charge is -2.10. The van der Waals surface area contributed by atoms with Gasteiger partial charge in [0.05, 0.1) is 12.2 Å². The highest BCUT2D eigenvalue weighted by Gasteiger charge is 1.99. The van der Waals surface area contributed by atoms with Gasteiger partial charge in [-0.15, -0.1) is 6.58 Å². The molecule has 2 N–H and O–H groups in total. The van der Waals surface area contributed by atoms with Gasteiger partial charge in [0.25, 0.3) is 0 Å². The molecule has 0 aliphatic rings. The predicted octanol–water partition coefficient (Wildman–Crippen LogP) is 2.02. The average Bonchev–Trinajstić information content (AvgIpc) is 2.39. The Morgan fingerprint density at radius 2 is 2.33 bits per heavy atom. The van der Waals surface area contributed by atoms with Crippen LogP contribution in [0.15, 0.2) is 36.0 Å². The van der Waals surface area contributed by atoms with Crippen LogP contribution < -0.4 is 10.6 Å². The van der Waals surface area contributed by atoms with Crippen molar-refractivity contribution in [1.82, 2.24) is 15.6 Å². The van der Waals surface area contributed by atoms with Crippen molar-refractivity contribution < 1.29 is 0 Å². The average molecular weight is 246 g/mol. The molecule has 0 amide bonds. The van der Waals surface area contributed by atoms with Crippen molar-refractivity contribution in [2.45, 2.75) is 26.8 Å². The van der Waals surface area contributed by atoms with Crippen LogP contribution in [0.1, 0.15) is 24.6 Å². The minimum atomic E-state index is 0.586. The summed E-state index contributed by atoms with van der Waals surface area (Å²) in [7, 11) is 0. The number of aliphatic imine (C=N–C) groups is 1. The minimum absolute atomic E-state index is 0.586. The molecule has 1 aromatic heterocycles. The maximum absolute atomic E-state index is 4.51. The Hall–Kier alpha value is -1.84. The maximum atomic E-state index is 4.51. The first-order valence-electron chi connectivity index (χ1n) is 6.31. The first-order valence-corrected chi connectivity index (χ1v) is 6.31. The van der Waals surface area contributed by atoms with E-state index in [9.17, 15) is 0 Å². The van der Waals surface area contributed by atoms with E-state index in [4.69, 9.17) is 0 Å². The van der Waals surface area contributed by atoms with Gasteiger partial charge in [0.15, 0.2) is 5.96 Å². The van der Waals surface area contributed by atoms with E-state index in [2.05, 4.69) is 34.1 Å². The smallest absolute Gasteiger partial charge is 0.191 e. The molecular weight excluding hydrogens is 224 g/mol. The minimum Gasteiger partial charge on any atom is -0.356 e. The van der Waals surface area contributed by atoms with Gasteiger partial charge in [0.1, 0.15) is 0 Å². The lowest BCUT2D eigenvalue weighted by molar-refractivity contribution is 0.791. The standard InChI is InChI=1S/C14H22N4/c1-4-8-16-14(17-9-5-2)18-11-13-12(3)7-6-10-15-13/h4,6-7,10H,1,5,8-9,11H2,2-3H3,(H2,16,17,18). The van der Waals surface area contributed by atoms with E-state index in [1.165, 1.54) is 5.56 Å². The second-order valence-corrected chi connectivity index (χ2v) is 4.03. The van der Waals surface area contributed by atoms with Gasteiger partial charge < -0.3 is 10.6 Å². The second kappa shape index (κ2) is 8.28. The van der Waals surface area contributed by atoms with Crippen molar-refractivity contribution in [2.75, 3.05) is 13.1 Å². The summed E-state index contributed by atoms with van der Waals surface area (Å²) in [6.07, 6.45) is 4.68. The molecule has 0 unspecified atom stereocenters. The summed E-state index contributed by atoms with van der Waals surface area (Å²) in [5.41, 5.74) is 2.17. The molecule has 98 valence electrons. The summed E-state index contributed by atoms with van der Waals surface area (Å²) >= 11 is 0. The fourth-order valence-corrected chi connectivity index (χ4v) is 1.42. The summed E-state index contributed by atoms with van der Waals surface area (Å²) in [6.45, 7) is 10.1. The summed E-state index contributed by atoms with van der Waals surface area (Å²) < 4.78 is 0. The number of pyridine rings is 1. The molecule has 18 heavy (non-hydrogen) atoms. The highest BCUT2D eigenvalue weighted by molar-refractivity contribution is 5.79. The zero-order valence-corrected chi connectivity index (χ0v) is 11.2. The molecule has 0 aliphatic carbocycles. The fraction of sp³-hybridized carbons (Fsp3) is 0.429. The van der Waals surface area contributed by atoms with Crippen molar-refractivity contribution in [1.29, 1.82) is 0 Å². The van der Waals surface area contributed by atoms with Crippen LogP contribution >= 0.6 is 0 Å². The highest BCUT2D eigenvalue weighted by atomic mass is 15.2. The summed E-state index contributed by atoms with van der Waals surface area (Å²) in [5, 5.41) is 6.44. The Labute approximate surface area is 109 Å². The van der Waals surface area contributed by atoms with Crippen LogP contribution in [0.2, 0.25) is 0 Å².